The highest BCUT2D eigenvalue weighted by molar-refractivity contribution is 5.78. The molecule has 0 heterocycles. The van der Waals surface area contributed by atoms with Crippen LogP contribution in [0, 0.1) is 24.0 Å². The number of hydrogen-bond acceptors (Lipinski definition) is 2. The number of nitrogens with one attached hydrogen (secondary N) is 1. The Bertz CT molecular complexity index is 483. The lowest BCUT2D eigenvalue weighted by atomic mass is 10.2. The molecule has 102 valence electrons. The summed E-state index contributed by atoms with van der Waals surface area (Å²) in [7, 11) is 0. The van der Waals surface area contributed by atoms with Crippen molar-refractivity contribution in [3.63, 3.8) is 0 Å². The molecule has 0 spiro atoms. The zero-order chi connectivity index (χ0) is 14.3. The molecule has 5 heteroatoms. The summed E-state index contributed by atoms with van der Waals surface area (Å²) in [5.41, 5.74) is 0.547. The minimum atomic E-state index is -0.911. The molecule has 1 aromatic rings. The van der Waals surface area contributed by atoms with Gasteiger partial charge in [0.2, 0.25) is 5.91 Å². The van der Waals surface area contributed by atoms with E-state index in [2.05, 4.69) is 11.2 Å². The van der Waals surface area contributed by atoms with Crippen molar-refractivity contribution >= 4 is 5.91 Å². The fourth-order valence-electron chi connectivity index (χ4n) is 1.59. The summed E-state index contributed by atoms with van der Waals surface area (Å²) in [5.74, 6) is 0.428. The first kappa shape index (κ1) is 15.1. The second-order valence-corrected chi connectivity index (χ2v) is 3.96. The van der Waals surface area contributed by atoms with E-state index < -0.39 is 11.6 Å². The molecule has 0 aliphatic rings. The number of nitrogens with zero attached hydrogens (tertiary/aromatic N) is 1. The Morgan fingerprint density at radius 1 is 1.42 bits per heavy atom. The fourth-order valence-corrected chi connectivity index (χ4v) is 1.59. The third-order valence-electron chi connectivity index (χ3n) is 2.60. The molecule has 0 unspecified atom stereocenters. The first-order valence-electron chi connectivity index (χ1n) is 5.94. The number of hydrogen-bond donors (Lipinski definition) is 1. The summed E-state index contributed by atoms with van der Waals surface area (Å²) >= 11 is 0. The molecular weight excluding hydrogens is 250 g/mol. The molecule has 1 aromatic carbocycles. The smallest absolute Gasteiger partial charge is 0.236 e. The SMILES string of the molecule is C#CCNCC(=O)N(CC)Cc1ccc(F)c(F)c1. The van der Waals surface area contributed by atoms with E-state index in [4.69, 9.17) is 6.42 Å². The van der Waals surface area contributed by atoms with Crippen LogP contribution in [0.5, 0.6) is 0 Å². The maximum atomic E-state index is 13.1. The van der Waals surface area contributed by atoms with Crippen molar-refractivity contribution in [2.24, 2.45) is 0 Å². The van der Waals surface area contributed by atoms with Gasteiger partial charge in [0.25, 0.3) is 0 Å². The van der Waals surface area contributed by atoms with Gasteiger partial charge < -0.3 is 4.90 Å². The van der Waals surface area contributed by atoms with Gasteiger partial charge in [-0.1, -0.05) is 12.0 Å². The summed E-state index contributed by atoms with van der Waals surface area (Å²) in [4.78, 5) is 13.4. The zero-order valence-electron chi connectivity index (χ0n) is 10.7. The van der Waals surface area contributed by atoms with Crippen molar-refractivity contribution in [3.8, 4) is 12.3 Å². The number of terminal acetylenes is 1. The molecular formula is C14H16F2N2O. The van der Waals surface area contributed by atoms with Crippen LogP contribution in [-0.2, 0) is 11.3 Å². The highest BCUT2D eigenvalue weighted by Crippen LogP contribution is 2.11. The molecule has 0 aromatic heterocycles. The van der Waals surface area contributed by atoms with E-state index in [1.54, 1.807) is 0 Å². The summed E-state index contributed by atoms with van der Waals surface area (Å²) in [6, 6.07) is 3.61. The van der Waals surface area contributed by atoms with E-state index in [1.165, 1.54) is 11.0 Å². The summed E-state index contributed by atoms with van der Waals surface area (Å²) in [6.07, 6.45) is 5.06. The van der Waals surface area contributed by atoms with Crippen molar-refractivity contribution in [3.05, 3.63) is 35.4 Å². The van der Waals surface area contributed by atoms with Gasteiger partial charge in [0.1, 0.15) is 0 Å². The topological polar surface area (TPSA) is 32.3 Å². The maximum absolute atomic E-state index is 13.1. The normalized spacial score (nSPS) is 10.0. The standard InChI is InChI=1S/C14H16F2N2O/c1-3-7-17-9-14(19)18(4-2)10-11-5-6-12(15)13(16)8-11/h1,5-6,8,17H,4,7,9-10H2,2H3. The van der Waals surface area contributed by atoms with Gasteiger partial charge in [0.15, 0.2) is 11.6 Å². The van der Waals surface area contributed by atoms with Crippen LogP contribution in [0.25, 0.3) is 0 Å². The highest BCUT2D eigenvalue weighted by Gasteiger charge is 2.12. The average Bonchev–Trinajstić information content (AvgIpc) is 2.40. The van der Waals surface area contributed by atoms with Crippen LogP contribution >= 0.6 is 0 Å². The predicted octanol–water partition coefficient (Wildman–Crippen LogP) is 1.54. The molecule has 0 saturated heterocycles. The van der Waals surface area contributed by atoms with Gasteiger partial charge in [0, 0.05) is 13.1 Å². The Balaban J connectivity index is 2.63. The molecule has 0 bridgehead atoms. The van der Waals surface area contributed by atoms with Crippen molar-refractivity contribution in [2.45, 2.75) is 13.5 Å². The van der Waals surface area contributed by atoms with E-state index in [0.717, 1.165) is 12.1 Å². The Hall–Kier alpha value is -1.93. The zero-order valence-corrected chi connectivity index (χ0v) is 10.7. The number of carbonyl (C=O) groups excluding carboxylic acids is 1. The van der Waals surface area contributed by atoms with E-state index in [0.29, 0.717) is 18.7 Å². The van der Waals surface area contributed by atoms with Crippen LogP contribution in [0.4, 0.5) is 8.78 Å². The first-order valence-corrected chi connectivity index (χ1v) is 5.94. The van der Waals surface area contributed by atoms with Gasteiger partial charge in [-0.15, -0.1) is 6.42 Å². The Kier molecular flexibility index (Phi) is 5.97. The molecule has 1 amide bonds. The first-order chi connectivity index (χ1) is 9.08. The maximum Gasteiger partial charge on any atom is 0.236 e. The predicted molar refractivity (Wildman–Crippen MR) is 69.2 cm³/mol. The fraction of sp³-hybridized carbons (Fsp3) is 0.357. The number of amides is 1. The van der Waals surface area contributed by atoms with E-state index in [-0.39, 0.29) is 19.0 Å². The number of rotatable bonds is 6. The second kappa shape index (κ2) is 7.49. The highest BCUT2D eigenvalue weighted by atomic mass is 19.2. The van der Waals surface area contributed by atoms with Crippen molar-refractivity contribution < 1.29 is 13.6 Å². The molecule has 0 aliphatic carbocycles. The molecule has 0 fully saturated rings. The largest absolute Gasteiger partial charge is 0.338 e. The molecule has 3 nitrogen and oxygen atoms in total. The van der Waals surface area contributed by atoms with E-state index >= 15 is 0 Å². The van der Waals surface area contributed by atoms with Crippen LogP contribution in [0.1, 0.15) is 12.5 Å². The molecule has 1 N–H and O–H groups in total. The molecule has 0 radical (unpaired) electrons. The Morgan fingerprint density at radius 2 is 2.16 bits per heavy atom. The lowest BCUT2D eigenvalue weighted by molar-refractivity contribution is -0.130. The van der Waals surface area contributed by atoms with Crippen molar-refractivity contribution in [1.82, 2.24) is 10.2 Å². The van der Waals surface area contributed by atoms with Gasteiger partial charge in [-0.3, -0.25) is 10.1 Å². The summed E-state index contributed by atoms with van der Waals surface area (Å²) in [6.45, 7) is 2.98. The molecule has 19 heavy (non-hydrogen) atoms. The number of benzene rings is 1. The van der Waals surface area contributed by atoms with Gasteiger partial charge >= 0.3 is 0 Å². The number of likely N-dealkylation sites (N-methyl/N-ethyl adjacent to an activating group) is 1. The van der Waals surface area contributed by atoms with Crippen LogP contribution in [0.2, 0.25) is 0 Å². The minimum Gasteiger partial charge on any atom is -0.338 e. The quantitative estimate of drug-likeness (QED) is 0.625. The van der Waals surface area contributed by atoms with Crippen LogP contribution < -0.4 is 5.32 Å². The molecule has 0 atom stereocenters. The van der Waals surface area contributed by atoms with Gasteiger partial charge in [-0.2, -0.15) is 0 Å². The monoisotopic (exact) mass is 266 g/mol. The minimum absolute atomic E-state index is 0.127. The lowest BCUT2D eigenvalue weighted by Gasteiger charge is -2.21. The third-order valence-corrected chi connectivity index (χ3v) is 2.60. The number of carbonyl (C=O) groups is 1. The van der Waals surface area contributed by atoms with E-state index in [9.17, 15) is 13.6 Å². The Morgan fingerprint density at radius 3 is 2.74 bits per heavy atom. The van der Waals surface area contributed by atoms with Gasteiger partial charge in [-0.25, -0.2) is 8.78 Å². The van der Waals surface area contributed by atoms with Crippen molar-refractivity contribution in [1.29, 1.82) is 0 Å². The van der Waals surface area contributed by atoms with Crippen LogP contribution in [-0.4, -0.2) is 30.4 Å². The summed E-state index contributed by atoms with van der Waals surface area (Å²) < 4.78 is 25.9. The molecule has 0 aliphatic heterocycles. The van der Waals surface area contributed by atoms with E-state index in [1.807, 2.05) is 6.92 Å². The second-order valence-electron chi connectivity index (χ2n) is 3.96. The summed E-state index contributed by atoms with van der Waals surface area (Å²) in [5, 5.41) is 2.79. The third kappa shape index (κ3) is 4.68. The lowest BCUT2D eigenvalue weighted by Crippen LogP contribution is -2.37. The molecule has 1 rings (SSSR count). The number of halogens is 2. The van der Waals surface area contributed by atoms with Crippen LogP contribution in [0.3, 0.4) is 0 Å². The van der Waals surface area contributed by atoms with Gasteiger partial charge in [0.05, 0.1) is 13.1 Å². The van der Waals surface area contributed by atoms with Crippen molar-refractivity contribution in [2.75, 3.05) is 19.6 Å². The van der Waals surface area contributed by atoms with Gasteiger partial charge in [-0.05, 0) is 24.6 Å². The average molecular weight is 266 g/mol. The Labute approximate surface area is 111 Å². The van der Waals surface area contributed by atoms with Crippen LogP contribution in [0.15, 0.2) is 18.2 Å². The molecule has 0 saturated carbocycles.